The quantitative estimate of drug-likeness (QED) is 0.902. The van der Waals surface area contributed by atoms with E-state index in [1.807, 2.05) is 24.0 Å². The van der Waals surface area contributed by atoms with Crippen LogP contribution in [-0.4, -0.2) is 63.1 Å². The predicted octanol–water partition coefficient (Wildman–Crippen LogP) is 1.28. The number of hydrogen-bond donors (Lipinski definition) is 1. The maximum absolute atomic E-state index is 12.6. The van der Waals surface area contributed by atoms with E-state index < -0.39 is 5.60 Å². The summed E-state index contributed by atoms with van der Waals surface area (Å²) in [6.45, 7) is 3.34. The molecule has 2 aromatic heterocycles. The molecule has 7 heteroatoms. The highest BCUT2D eigenvalue weighted by Gasteiger charge is 2.36. The number of aryl methyl sites for hydroxylation is 1. The van der Waals surface area contributed by atoms with Crippen molar-refractivity contribution in [2.75, 3.05) is 31.6 Å². The van der Waals surface area contributed by atoms with E-state index in [1.165, 1.54) is 0 Å². The van der Waals surface area contributed by atoms with Gasteiger partial charge in [-0.2, -0.15) is 0 Å². The molecule has 3 rings (SSSR count). The summed E-state index contributed by atoms with van der Waals surface area (Å²) in [5, 5.41) is 11.0. The highest BCUT2D eigenvalue weighted by molar-refractivity contribution is 5.92. The first-order valence-corrected chi connectivity index (χ1v) is 8.39. The molecule has 1 amide bonds. The summed E-state index contributed by atoms with van der Waals surface area (Å²) >= 11 is 0. The van der Waals surface area contributed by atoms with Crippen LogP contribution in [0, 0.1) is 6.92 Å². The van der Waals surface area contributed by atoms with Crippen LogP contribution in [0.25, 0.3) is 0 Å². The minimum Gasteiger partial charge on any atom is -0.386 e. The molecule has 3 heterocycles. The molecule has 25 heavy (non-hydrogen) atoms. The Hall–Kier alpha value is -2.54. The largest absolute Gasteiger partial charge is 0.386 e. The van der Waals surface area contributed by atoms with Crippen LogP contribution in [-0.2, 0) is 0 Å². The molecule has 2 aromatic rings. The number of rotatable bonds is 4. The molecule has 1 fully saturated rings. The monoisotopic (exact) mass is 341 g/mol. The van der Waals surface area contributed by atoms with Crippen molar-refractivity contribution in [3.05, 3.63) is 48.2 Å². The van der Waals surface area contributed by atoms with E-state index in [0.29, 0.717) is 18.7 Å². The third kappa shape index (κ3) is 4.11. The molecule has 0 unspecified atom stereocenters. The summed E-state index contributed by atoms with van der Waals surface area (Å²) in [4.78, 5) is 28.8. The molecule has 1 aliphatic heterocycles. The molecule has 7 nitrogen and oxygen atoms in total. The van der Waals surface area contributed by atoms with Crippen molar-refractivity contribution in [3.63, 3.8) is 0 Å². The third-order valence-corrected chi connectivity index (χ3v) is 4.41. The van der Waals surface area contributed by atoms with Gasteiger partial charge in [0.2, 0.25) is 0 Å². The minimum absolute atomic E-state index is 0.186. The van der Waals surface area contributed by atoms with E-state index in [4.69, 9.17) is 0 Å². The predicted molar refractivity (Wildman–Crippen MR) is 94.4 cm³/mol. The number of hydrogen-bond acceptors (Lipinski definition) is 6. The van der Waals surface area contributed by atoms with E-state index in [0.717, 1.165) is 24.5 Å². The first-order chi connectivity index (χ1) is 12.0. The number of aromatic nitrogens is 3. The van der Waals surface area contributed by atoms with Crippen molar-refractivity contribution in [1.82, 2.24) is 19.9 Å². The van der Waals surface area contributed by atoms with Crippen LogP contribution in [0.5, 0.6) is 0 Å². The molecule has 0 saturated carbocycles. The van der Waals surface area contributed by atoms with Gasteiger partial charge in [0.25, 0.3) is 5.91 Å². The lowest BCUT2D eigenvalue weighted by molar-refractivity contribution is -0.000292. The van der Waals surface area contributed by atoms with Crippen LogP contribution in [0.4, 0.5) is 5.82 Å². The summed E-state index contributed by atoms with van der Waals surface area (Å²) in [7, 11) is 1.70. The van der Waals surface area contributed by atoms with Crippen LogP contribution in [0.1, 0.15) is 29.0 Å². The molecule has 0 spiro atoms. The highest BCUT2D eigenvalue weighted by atomic mass is 16.3. The number of carbonyl (C=O) groups is 1. The van der Waals surface area contributed by atoms with Gasteiger partial charge in [0.05, 0.1) is 18.3 Å². The molecular formula is C18H23N5O2. The second kappa shape index (κ2) is 7.14. The SMILES string of the molecule is Cc1cccc(C(=O)N(C)C[C@]2(O)CCCN(c3cnccn3)C2)n1. The van der Waals surface area contributed by atoms with E-state index in [2.05, 4.69) is 15.0 Å². The molecule has 1 N–H and O–H groups in total. The number of nitrogens with zero attached hydrogens (tertiary/aromatic N) is 5. The van der Waals surface area contributed by atoms with Crippen molar-refractivity contribution in [2.45, 2.75) is 25.4 Å². The maximum Gasteiger partial charge on any atom is 0.272 e. The standard InChI is InChI=1S/C18H23N5O2/c1-14-5-3-6-15(21-14)17(24)22(2)12-18(25)7-4-10-23(13-18)16-11-19-8-9-20-16/h3,5-6,8-9,11,25H,4,7,10,12-13H2,1-2H3/t18-/m1/s1. The van der Waals surface area contributed by atoms with Gasteiger partial charge in [-0.15, -0.1) is 0 Å². The van der Waals surface area contributed by atoms with Crippen LogP contribution in [0.15, 0.2) is 36.8 Å². The van der Waals surface area contributed by atoms with Gasteiger partial charge in [0.15, 0.2) is 0 Å². The van der Waals surface area contributed by atoms with E-state index in [9.17, 15) is 9.90 Å². The topological polar surface area (TPSA) is 82.5 Å². The lowest BCUT2D eigenvalue weighted by Crippen LogP contribution is -2.55. The molecule has 1 aliphatic rings. The summed E-state index contributed by atoms with van der Waals surface area (Å²) in [5.74, 6) is 0.559. The fraction of sp³-hybridized carbons (Fsp3) is 0.444. The molecule has 132 valence electrons. The maximum atomic E-state index is 12.6. The molecule has 1 saturated heterocycles. The molecule has 1 atom stereocenters. The Bertz CT molecular complexity index is 739. The lowest BCUT2D eigenvalue weighted by atomic mass is 9.92. The zero-order valence-electron chi connectivity index (χ0n) is 14.6. The fourth-order valence-electron chi connectivity index (χ4n) is 3.26. The Morgan fingerprint density at radius 2 is 2.24 bits per heavy atom. The Kier molecular flexibility index (Phi) is 4.94. The number of amides is 1. The zero-order chi connectivity index (χ0) is 17.9. The zero-order valence-corrected chi connectivity index (χ0v) is 14.6. The van der Waals surface area contributed by atoms with Crippen molar-refractivity contribution in [1.29, 1.82) is 0 Å². The van der Waals surface area contributed by atoms with Crippen LogP contribution >= 0.6 is 0 Å². The number of carbonyl (C=O) groups excluding carboxylic acids is 1. The molecule has 0 aliphatic carbocycles. The van der Waals surface area contributed by atoms with E-state index >= 15 is 0 Å². The van der Waals surface area contributed by atoms with Crippen molar-refractivity contribution >= 4 is 11.7 Å². The van der Waals surface area contributed by atoms with Gasteiger partial charge in [0, 0.05) is 38.2 Å². The van der Waals surface area contributed by atoms with Gasteiger partial charge in [-0.25, -0.2) is 9.97 Å². The molecular weight excluding hydrogens is 318 g/mol. The highest BCUT2D eigenvalue weighted by Crippen LogP contribution is 2.25. The van der Waals surface area contributed by atoms with Gasteiger partial charge in [-0.3, -0.25) is 9.78 Å². The number of aliphatic hydroxyl groups is 1. The van der Waals surface area contributed by atoms with Gasteiger partial charge in [0.1, 0.15) is 11.5 Å². The summed E-state index contributed by atoms with van der Waals surface area (Å²) in [6, 6.07) is 5.36. The normalized spacial score (nSPS) is 20.4. The van der Waals surface area contributed by atoms with Gasteiger partial charge < -0.3 is 14.9 Å². The van der Waals surface area contributed by atoms with Gasteiger partial charge in [-0.1, -0.05) is 6.07 Å². The molecule has 0 aromatic carbocycles. The first kappa shape index (κ1) is 17.3. The summed E-state index contributed by atoms with van der Waals surface area (Å²) in [6.07, 6.45) is 6.43. The average molecular weight is 341 g/mol. The summed E-state index contributed by atoms with van der Waals surface area (Å²) in [5.41, 5.74) is 0.210. The summed E-state index contributed by atoms with van der Waals surface area (Å²) < 4.78 is 0. The number of anilines is 1. The third-order valence-electron chi connectivity index (χ3n) is 4.41. The van der Waals surface area contributed by atoms with Crippen molar-refractivity contribution in [3.8, 4) is 0 Å². The average Bonchev–Trinajstić information content (AvgIpc) is 2.61. The number of β-amino-alcohol motifs (C(OH)–C–C–N with tert-alkyl or cyclic N) is 1. The molecule has 0 bridgehead atoms. The second-order valence-corrected chi connectivity index (χ2v) is 6.64. The van der Waals surface area contributed by atoms with Crippen LogP contribution in [0.3, 0.4) is 0 Å². The lowest BCUT2D eigenvalue weighted by Gasteiger charge is -2.41. The number of likely N-dealkylation sites (N-methyl/N-ethyl adjacent to an activating group) is 1. The molecule has 0 radical (unpaired) electrons. The van der Waals surface area contributed by atoms with Crippen LogP contribution < -0.4 is 4.90 Å². The first-order valence-electron chi connectivity index (χ1n) is 8.39. The fourth-order valence-corrected chi connectivity index (χ4v) is 3.26. The van der Waals surface area contributed by atoms with Gasteiger partial charge >= 0.3 is 0 Å². The van der Waals surface area contributed by atoms with E-state index in [-0.39, 0.29) is 12.5 Å². The Morgan fingerprint density at radius 3 is 2.96 bits per heavy atom. The smallest absolute Gasteiger partial charge is 0.272 e. The Morgan fingerprint density at radius 1 is 1.40 bits per heavy atom. The van der Waals surface area contributed by atoms with Gasteiger partial charge in [-0.05, 0) is 31.9 Å². The van der Waals surface area contributed by atoms with Crippen molar-refractivity contribution < 1.29 is 9.90 Å². The Balaban J connectivity index is 1.69. The van der Waals surface area contributed by atoms with Crippen molar-refractivity contribution in [2.24, 2.45) is 0 Å². The number of piperidine rings is 1. The Labute approximate surface area is 147 Å². The minimum atomic E-state index is -0.982. The number of pyridine rings is 1. The van der Waals surface area contributed by atoms with Crippen LogP contribution in [0.2, 0.25) is 0 Å². The van der Waals surface area contributed by atoms with E-state index in [1.54, 1.807) is 36.6 Å². The second-order valence-electron chi connectivity index (χ2n) is 6.64.